The standard InChI is InChI=1S/C12H18N2O/c1-3-9-14(4-2)11(15)12(10-13)7-5-6-8-12/h3H,1,4-9H2,2H3. The van der Waals surface area contributed by atoms with Gasteiger partial charge in [0.25, 0.3) is 0 Å². The van der Waals surface area contributed by atoms with E-state index in [0.717, 1.165) is 25.7 Å². The third-order valence-corrected chi connectivity index (χ3v) is 3.10. The summed E-state index contributed by atoms with van der Waals surface area (Å²) >= 11 is 0. The average Bonchev–Trinajstić information content (AvgIpc) is 2.74. The fourth-order valence-corrected chi connectivity index (χ4v) is 2.17. The van der Waals surface area contributed by atoms with Crippen molar-refractivity contribution < 1.29 is 4.79 Å². The molecule has 0 radical (unpaired) electrons. The number of amides is 1. The van der Waals surface area contributed by atoms with Crippen LogP contribution < -0.4 is 0 Å². The zero-order valence-electron chi connectivity index (χ0n) is 9.33. The van der Waals surface area contributed by atoms with Gasteiger partial charge in [0.1, 0.15) is 5.41 Å². The van der Waals surface area contributed by atoms with Crippen molar-refractivity contribution in [2.24, 2.45) is 5.41 Å². The minimum atomic E-state index is -0.737. The first-order chi connectivity index (χ1) is 7.20. The molecule has 0 spiro atoms. The quantitative estimate of drug-likeness (QED) is 0.661. The van der Waals surface area contributed by atoms with Gasteiger partial charge in [0.15, 0.2) is 0 Å². The number of carbonyl (C=O) groups is 1. The van der Waals surface area contributed by atoms with Crippen LogP contribution in [-0.2, 0) is 4.79 Å². The molecule has 15 heavy (non-hydrogen) atoms. The van der Waals surface area contributed by atoms with Crippen molar-refractivity contribution >= 4 is 5.91 Å². The SMILES string of the molecule is C=CCN(CC)C(=O)C1(C#N)CCCC1. The first-order valence-electron chi connectivity index (χ1n) is 5.51. The Hall–Kier alpha value is -1.30. The molecule has 82 valence electrons. The van der Waals surface area contributed by atoms with Crippen LogP contribution in [0.5, 0.6) is 0 Å². The summed E-state index contributed by atoms with van der Waals surface area (Å²) < 4.78 is 0. The topological polar surface area (TPSA) is 44.1 Å². The van der Waals surface area contributed by atoms with E-state index in [1.54, 1.807) is 11.0 Å². The van der Waals surface area contributed by atoms with Crippen molar-refractivity contribution in [1.29, 1.82) is 5.26 Å². The Morgan fingerprint density at radius 3 is 2.60 bits per heavy atom. The first kappa shape index (κ1) is 11.8. The molecule has 1 saturated carbocycles. The molecule has 0 atom stereocenters. The number of hydrogen-bond acceptors (Lipinski definition) is 2. The minimum absolute atomic E-state index is 0.00935. The molecule has 0 aromatic carbocycles. The van der Waals surface area contributed by atoms with Gasteiger partial charge in [-0.1, -0.05) is 18.9 Å². The third kappa shape index (κ3) is 2.20. The van der Waals surface area contributed by atoms with Crippen LogP contribution in [0.3, 0.4) is 0 Å². The van der Waals surface area contributed by atoms with Crippen LogP contribution in [-0.4, -0.2) is 23.9 Å². The highest BCUT2D eigenvalue weighted by molar-refractivity contribution is 5.85. The Balaban J connectivity index is 2.80. The number of nitriles is 1. The summed E-state index contributed by atoms with van der Waals surface area (Å²) in [6.45, 7) is 6.75. The molecule has 0 bridgehead atoms. The predicted octanol–water partition coefficient (Wildman–Crippen LogP) is 2.10. The lowest BCUT2D eigenvalue weighted by atomic mass is 9.86. The second-order valence-corrected chi connectivity index (χ2v) is 4.03. The lowest BCUT2D eigenvalue weighted by molar-refractivity contribution is -0.138. The van der Waals surface area contributed by atoms with E-state index < -0.39 is 5.41 Å². The lowest BCUT2D eigenvalue weighted by Gasteiger charge is -2.27. The largest absolute Gasteiger partial charge is 0.338 e. The van der Waals surface area contributed by atoms with E-state index in [-0.39, 0.29) is 5.91 Å². The molecule has 3 heteroatoms. The zero-order valence-corrected chi connectivity index (χ0v) is 9.33. The Labute approximate surface area is 91.4 Å². The second kappa shape index (κ2) is 4.97. The van der Waals surface area contributed by atoms with Crippen LogP contribution in [0, 0.1) is 16.7 Å². The molecule has 0 N–H and O–H groups in total. The zero-order chi connectivity index (χ0) is 11.3. The molecule has 0 aliphatic heterocycles. The molecule has 1 aliphatic rings. The molecule has 0 heterocycles. The van der Waals surface area contributed by atoms with E-state index in [4.69, 9.17) is 0 Å². The van der Waals surface area contributed by atoms with Gasteiger partial charge < -0.3 is 4.90 Å². The summed E-state index contributed by atoms with van der Waals surface area (Å²) in [7, 11) is 0. The third-order valence-electron chi connectivity index (χ3n) is 3.10. The molecule has 1 rings (SSSR count). The molecule has 0 saturated heterocycles. The van der Waals surface area contributed by atoms with E-state index in [1.807, 2.05) is 6.92 Å². The maximum atomic E-state index is 12.2. The van der Waals surface area contributed by atoms with Crippen molar-refractivity contribution in [3.05, 3.63) is 12.7 Å². The van der Waals surface area contributed by atoms with Gasteiger partial charge in [-0.05, 0) is 19.8 Å². The van der Waals surface area contributed by atoms with Gasteiger partial charge in [-0.3, -0.25) is 4.79 Å². The van der Waals surface area contributed by atoms with Gasteiger partial charge in [-0.2, -0.15) is 5.26 Å². The van der Waals surface area contributed by atoms with Gasteiger partial charge >= 0.3 is 0 Å². The van der Waals surface area contributed by atoms with Gasteiger partial charge in [0, 0.05) is 13.1 Å². The van der Waals surface area contributed by atoms with Crippen LogP contribution in [0.15, 0.2) is 12.7 Å². The molecule has 0 unspecified atom stereocenters. The molecule has 1 aliphatic carbocycles. The molecular formula is C12H18N2O. The summed E-state index contributed by atoms with van der Waals surface area (Å²) in [6, 6.07) is 2.22. The summed E-state index contributed by atoms with van der Waals surface area (Å²) in [5.41, 5.74) is -0.737. The number of likely N-dealkylation sites (N-methyl/N-ethyl adjacent to an activating group) is 1. The maximum absolute atomic E-state index is 12.2. The summed E-state index contributed by atoms with van der Waals surface area (Å²) in [6.07, 6.45) is 5.13. The second-order valence-electron chi connectivity index (χ2n) is 4.03. The van der Waals surface area contributed by atoms with Crippen LogP contribution in [0.1, 0.15) is 32.6 Å². The van der Waals surface area contributed by atoms with Crippen molar-refractivity contribution in [3.63, 3.8) is 0 Å². The number of rotatable bonds is 4. The van der Waals surface area contributed by atoms with Crippen LogP contribution in [0.2, 0.25) is 0 Å². The fourth-order valence-electron chi connectivity index (χ4n) is 2.17. The minimum Gasteiger partial charge on any atom is -0.338 e. The average molecular weight is 206 g/mol. The fraction of sp³-hybridized carbons (Fsp3) is 0.667. The highest BCUT2D eigenvalue weighted by Crippen LogP contribution is 2.39. The summed E-state index contributed by atoms with van der Waals surface area (Å²) in [5, 5.41) is 9.18. The molecule has 0 aromatic heterocycles. The normalized spacial score (nSPS) is 18.1. The predicted molar refractivity (Wildman–Crippen MR) is 59.0 cm³/mol. The van der Waals surface area contributed by atoms with Gasteiger partial charge in [-0.15, -0.1) is 6.58 Å². The monoisotopic (exact) mass is 206 g/mol. The van der Waals surface area contributed by atoms with Crippen molar-refractivity contribution in [2.45, 2.75) is 32.6 Å². The highest BCUT2D eigenvalue weighted by Gasteiger charge is 2.43. The summed E-state index contributed by atoms with van der Waals surface area (Å²) in [4.78, 5) is 13.9. The van der Waals surface area contributed by atoms with Crippen molar-refractivity contribution in [2.75, 3.05) is 13.1 Å². The number of carbonyl (C=O) groups excluding carboxylic acids is 1. The van der Waals surface area contributed by atoms with Gasteiger partial charge in [0.2, 0.25) is 5.91 Å². The molecule has 3 nitrogen and oxygen atoms in total. The van der Waals surface area contributed by atoms with Crippen LogP contribution in [0.25, 0.3) is 0 Å². The van der Waals surface area contributed by atoms with E-state index in [0.29, 0.717) is 13.1 Å². The molecule has 0 aromatic rings. The van der Waals surface area contributed by atoms with Crippen LogP contribution in [0.4, 0.5) is 0 Å². The van der Waals surface area contributed by atoms with E-state index in [9.17, 15) is 10.1 Å². The number of nitrogens with zero attached hydrogens (tertiary/aromatic N) is 2. The van der Waals surface area contributed by atoms with Crippen molar-refractivity contribution in [1.82, 2.24) is 4.90 Å². The molecular weight excluding hydrogens is 188 g/mol. The Kier molecular flexibility index (Phi) is 3.90. The Bertz CT molecular complexity index is 284. The van der Waals surface area contributed by atoms with Crippen molar-refractivity contribution in [3.8, 4) is 6.07 Å². The van der Waals surface area contributed by atoms with E-state index in [1.165, 1.54) is 0 Å². The van der Waals surface area contributed by atoms with E-state index in [2.05, 4.69) is 12.6 Å². The molecule has 1 amide bonds. The Morgan fingerprint density at radius 2 is 2.20 bits per heavy atom. The van der Waals surface area contributed by atoms with E-state index >= 15 is 0 Å². The highest BCUT2D eigenvalue weighted by atomic mass is 16.2. The first-order valence-corrected chi connectivity index (χ1v) is 5.51. The summed E-state index contributed by atoms with van der Waals surface area (Å²) in [5.74, 6) is -0.00935. The number of hydrogen-bond donors (Lipinski definition) is 0. The Morgan fingerprint density at radius 1 is 1.60 bits per heavy atom. The smallest absolute Gasteiger partial charge is 0.243 e. The van der Waals surface area contributed by atoms with Gasteiger partial charge in [0.05, 0.1) is 6.07 Å². The maximum Gasteiger partial charge on any atom is 0.243 e. The lowest BCUT2D eigenvalue weighted by Crippen LogP contribution is -2.42. The van der Waals surface area contributed by atoms with Crippen LogP contribution >= 0.6 is 0 Å². The van der Waals surface area contributed by atoms with Gasteiger partial charge in [-0.25, -0.2) is 0 Å². The molecule has 1 fully saturated rings.